The summed E-state index contributed by atoms with van der Waals surface area (Å²) in [6.07, 6.45) is 0. The van der Waals surface area contributed by atoms with Crippen molar-refractivity contribution >= 4 is 55.7 Å². The van der Waals surface area contributed by atoms with E-state index in [1.807, 2.05) is 0 Å². The second-order valence-electron chi connectivity index (χ2n) is 18.6. The van der Waals surface area contributed by atoms with Crippen LogP contribution >= 0.6 is 0 Å². The Hall–Kier alpha value is -7.68. The number of anilines is 6. The molecule has 0 atom stereocenters. The van der Waals surface area contributed by atoms with Crippen molar-refractivity contribution in [1.82, 2.24) is 0 Å². The Morgan fingerprint density at radius 1 is 0.328 bits per heavy atom. The van der Waals surface area contributed by atoms with Crippen molar-refractivity contribution in [3.63, 3.8) is 0 Å². The molecule has 0 radical (unpaired) electrons. The summed E-state index contributed by atoms with van der Waals surface area (Å²) in [6.45, 7) is 9.51. The average molecular weight is 821 g/mol. The normalized spacial score (nSPS) is 14.2. The zero-order chi connectivity index (χ0) is 43.2. The fourth-order valence-corrected chi connectivity index (χ4v) is 10.9. The van der Waals surface area contributed by atoms with E-state index in [-0.39, 0.29) is 10.8 Å². The maximum atomic E-state index is 2.57. The number of nitrogens with zero attached hydrogens (tertiary/aromatic N) is 2. The summed E-state index contributed by atoms with van der Waals surface area (Å²) in [7, 11) is 0. The first-order valence-corrected chi connectivity index (χ1v) is 22.5. The molecule has 64 heavy (non-hydrogen) atoms. The van der Waals surface area contributed by atoms with Crippen LogP contribution < -0.4 is 9.80 Å². The molecule has 0 spiro atoms. The molecular formula is C62H48N2. The van der Waals surface area contributed by atoms with Gasteiger partial charge in [-0.05, 0) is 115 Å². The van der Waals surface area contributed by atoms with E-state index in [4.69, 9.17) is 0 Å². The molecule has 0 bridgehead atoms. The quantitative estimate of drug-likeness (QED) is 0.165. The fourth-order valence-electron chi connectivity index (χ4n) is 10.9. The SMILES string of the molecule is CC1(C)c2ccccc2-c2ccc(N(c3ccc(-c4ccccc4)cc3)c3ccc4c(c3)N(c3c(-c5ccc6ccccc6c5)ccc5ccccc35)c3ccccc3C4(C)C)cc21. The Morgan fingerprint density at radius 2 is 0.875 bits per heavy atom. The summed E-state index contributed by atoms with van der Waals surface area (Å²) < 4.78 is 0. The smallest absolute Gasteiger partial charge is 0.0618 e. The number of rotatable bonds is 6. The van der Waals surface area contributed by atoms with Gasteiger partial charge in [-0.1, -0.05) is 198 Å². The van der Waals surface area contributed by atoms with Crippen LogP contribution in [0.4, 0.5) is 34.1 Å². The molecule has 2 heteroatoms. The second-order valence-corrected chi connectivity index (χ2v) is 18.6. The molecule has 12 rings (SSSR count). The van der Waals surface area contributed by atoms with Crippen LogP contribution in [0.2, 0.25) is 0 Å². The summed E-state index contributed by atoms with van der Waals surface area (Å²) in [4.78, 5) is 5.04. The molecule has 0 saturated carbocycles. The monoisotopic (exact) mass is 820 g/mol. The molecule has 1 aliphatic heterocycles. The molecule has 0 saturated heterocycles. The van der Waals surface area contributed by atoms with Gasteiger partial charge in [-0.2, -0.15) is 0 Å². The van der Waals surface area contributed by atoms with Crippen molar-refractivity contribution in [2.24, 2.45) is 0 Å². The number of hydrogen-bond acceptors (Lipinski definition) is 2. The van der Waals surface area contributed by atoms with Crippen LogP contribution in [0, 0.1) is 0 Å². The minimum absolute atomic E-state index is 0.140. The van der Waals surface area contributed by atoms with E-state index in [0.29, 0.717) is 0 Å². The van der Waals surface area contributed by atoms with Gasteiger partial charge in [-0.25, -0.2) is 0 Å². The highest BCUT2D eigenvalue weighted by Crippen LogP contribution is 2.57. The zero-order valence-corrected chi connectivity index (χ0v) is 36.7. The molecule has 2 nitrogen and oxygen atoms in total. The van der Waals surface area contributed by atoms with Crippen LogP contribution in [0.25, 0.3) is 54.9 Å². The van der Waals surface area contributed by atoms with E-state index in [2.05, 4.69) is 256 Å². The van der Waals surface area contributed by atoms with Gasteiger partial charge in [0.05, 0.1) is 17.1 Å². The van der Waals surface area contributed by atoms with Crippen molar-refractivity contribution < 1.29 is 0 Å². The Morgan fingerprint density at radius 3 is 1.70 bits per heavy atom. The van der Waals surface area contributed by atoms with Gasteiger partial charge in [-0.15, -0.1) is 0 Å². The summed E-state index contributed by atoms with van der Waals surface area (Å²) in [5.41, 5.74) is 19.3. The van der Waals surface area contributed by atoms with Crippen LogP contribution in [0.5, 0.6) is 0 Å². The molecule has 0 amide bonds. The van der Waals surface area contributed by atoms with Crippen LogP contribution in [0.15, 0.2) is 218 Å². The number of hydrogen-bond donors (Lipinski definition) is 0. The topological polar surface area (TPSA) is 6.48 Å². The first kappa shape index (κ1) is 38.0. The van der Waals surface area contributed by atoms with Crippen molar-refractivity contribution in [1.29, 1.82) is 0 Å². The maximum Gasteiger partial charge on any atom is 0.0618 e. The summed E-state index contributed by atoms with van der Waals surface area (Å²) in [6, 6.07) is 81.1. The third-order valence-corrected chi connectivity index (χ3v) is 14.2. The molecule has 0 fully saturated rings. The molecule has 0 N–H and O–H groups in total. The van der Waals surface area contributed by atoms with Crippen LogP contribution in [0.3, 0.4) is 0 Å². The Labute approximate surface area is 376 Å². The summed E-state index contributed by atoms with van der Waals surface area (Å²) >= 11 is 0. The lowest BCUT2D eigenvalue weighted by atomic mass is 9.73. The summed E-state index contributed by atoms with van der Waals surface area (Å²) in [5.74, 6) is 0. The average Bonchev–Trinajstić information content (AvgIpc) is 3.57. The lowest BCUT2D eigenvalue weighted by molar-refractivity contribution is 0.632. The molecule has 2 aliphatic rings. The Balaban J connectivity index is 1.10. The Bertz CT molecular complexity index is 3450. The lowest BCUT2D eigenvalue weighted by Crippen LogP contribution is -2.31. The van der Waals surface area contributed by atoms with Crippen molar-refractivity contribution in [2.75, 3.05) is 9.80 Å². The highest BCUT2D eigenvalue weighted by atomic mass is 15.2. The van der Waals surface area contributed by atoms with Crippen molar-refractivity contribution in [3.05, 3.63) is 241 Å². The molecule has 0 aromatic heterocycles. The lowest BCUT2D eigenvalue weighted by Gasteiger charge is -2.43. The molecule has 1 aliphatic carbocycles. The first-order chi connectivity index (χ1) is 31.3. The van der Waals surface area contributed by atoms with Crippen molar-refractivity contribution in [2.45, 2.75) is 38.5 Å². The standard InChI is InChI=1S/C62H48N2/c1-61(2)54-23-13-12-22-52(54)53-36-33-48(39-57(53)61)63(47-31-28-43(29-32-47)41-16-6-5-7-17-41)49-34-37-56-59(40-49)64(58-25-15-14-24-55(58)62(56,3)4)60-50-21-11-10-19-44(50)30-35-51(60)46-27-26-42-18-8-9-20-45(42)38-46/h5-40H,1-4H3. The molecule has 10 aromatic carbocycles. The maximum absolute atomic E-state index is 2.57. The molecular weight excluding hydrogens is 773 g/mol. The highest BCUT2D eigenvalue weighted by molar-refractivity contribution is 6.08. The van der Waals surface area contributed by atoms with Gasteiger partial charge in [-0.3, -0.25) is 0 Å². The van der Waals surface area contributed by atoms with E-state index in [1.54, 1.807) is 0 Å². The van der Waals surface area contributed by atoms with E-state index in [1.165, 1.54) is 94.2 Å². The van der Waals surface area contributed by atoms with Gasteiger partial charge in [0.15, 0.2) is 0 Å². The van der Waals surface area contributed by atoms with Gasteiger partial charge in [0.25, 0.3) is 0 Å². The molecule has 0 unspecified atom stereocenters. The van der Waals surface area contributed by atoms with E-state index in [9.17, 15) is 0 Å². The predicted octanol–water partition coefficient (Wildman–Crippen LogP) is 17.2. The molecule has 306 valence electrons. The Kier molecular flexibility index (Phi) is 8.58. The number of fused-ring (bicyclic) bond motifs is 7. The van der Waals surface area contributed by atoms with Gasteiger partial charge in [0.1, 0.15) is 0 Å². The van der Waals surface area contributed by atoms with Gasteiger partial charge in [0, 0.05) is 38.8 Å². The molecule has 1 heterocycles. The van der Waals surface area contributed by atoms with Crippen LogP contribution in [0.1, 0.15) is 49.9 Å². The second kappa shape index (κ2) is 14.4. The third kappa shape index (κ3) is 5.86. The molecule has 10 aromatic rings. The number of para-hydroxylation sites is 1. The minimum Gasteiger partial charge on any atom is -0.310 e. The summed E-state index contributed by atoms with van der Waals surface area (Å²) in [5, 5.41) is 4.90. The van der Waals surface area contributed by atoms with E-state index < -0.39 is 0 Å². The van der Waals surface area contributed by atoms with Gasteiger partial charge in [0.2, 0.25) is 0 Å². The van der Waals surface area contributed by atoms with Crippen molar-refractivity contribution in [3.8, 4) is 33.4 Å². The third-order valence-electron chi connectivity index (χ3n) is 14.2. The van der Waals surface area contributed by atoms with E-state index >= 15 is 0 Å². The van der Waals surface area contributed by atoms with Crippen LogP contribution in [-0.2, 0) is 10.8 Å². The fraction of sp³-hybridized carbons (Fsp3) is 0.0968. The minimum atomic E-state index is -0.264. The van der Waals surface area contributed by atoms with Gasteiger partial charge >= 0.3 is 0 Å². The zero-order valence-electron chi connectivity index (χ0n) is 36.7. The largest absolute Gasteiger partial charge is 0.310 e. The highest BCUT2D eigenvalue weighted by Gasteiger charge is 2.39. The predicted molar refractivity (Wildman–Crippen MR) is 271 cm³/mol. The van der Waals surface area contributed by atoms with Crippen LogP contribution in [-0.4, -0.2) is 0 Å². The first-order valence-electron chi connectivity index (χ1n) is 22.5. The number of benzene rings is 10. The van der Waals surface area contributed by atoms with E-state index in [0.717, 1.165) is 17.1 Å². The van der Waals surface area contributed by atoms with Gasteiger partial charge < -0.3 is 9.80 Å².